The summed E-state index contributed by atoms with van der Waals surface area (Å²) in [6.07, 6.45) is 0. The van der Waals surface area contributed by atoms with E-state index in [0.29, 0.717) is 5.56 Å². The van der Waals surface area contributed by atoms with Crippen LogP contribution in [0, 0.1) is 6.92 Å². The normalized spacial score (nSPS) is 20.1. The smallest absolute Gasteiger partial charge is 0.243 e. The van der Waals surface area contributed by atoms with Gasteiger partial charge in [0.05, 0.1) is 5.75 Å². The zero-order chi connectivity index (χ0) is 15.6. The Morgan fingerprint density at radius 2 is 2.14 bits per heavy atom. The summed E-state index contributed by atoms with van der Waals surface area (Å²) in [5, 5.41) is 2.74. The zero-order valence-electron chi connectivity index (χ0n) is 11.7. The predicted molar refractivity (Wildman–Crippen MR) is 82.4 cm³/mol. The van der Waals surface area contributed by atoms with Gasteiger partial charge in [0.25, 0.3) is 0 Å². The number of halogens is 1. The van der Waals surface area contributed by atoms with Gasteiger partial charge in [-0.25, -0.2) is 8.42 Å². The third-order valence-electron chi connectivity index (χ3n) is 3.35. The minimum absolute atomic E-state index is 0.0320. The summed E-state index contributed by atoms with van der Waals surface area (Å²) >= 11 is 5.64. The number of carbonyl (C=O) groups excluding carboxylic acids is 1. The molecule has 7 heteroatoms. The molecular formula is C14H17ClN2O3S. The topological polar surface area (TPSA) is 66.5 Å². The van der Waals surface area contributed by atoms with Crippen LogP contribution in [0.15, 0.2) is 35.9 Å². The van der Waals surface area contributed by atoms with E-state index in [1.165, 1.54) is 4.31 Å². The number of nitrogens with one attached hydrogen (secondary N) is 1. The molecule has 1 aliphatic heterocycles. The minimum atomic E-state index is -3.69. The first kappa shape index (κ1) is 16.0. The Balaban J connectivity index is 2.46. The van der Waals surface area contributed by atoms with Gasteiger partial charge in [-0.2, -0.15) is 4.31 Å². The minimum Gasteiger partial charge on any atom is -0.353 e. The number of piperazine rings is 1. The number of hydrogen-bond acceptors (Lipinski definition) is 3. The van der Waals surface area contributed by atoms with Crippen molar-refractivity contribution in [2.24, 2.45) is 0 Å². The highest BCUT2D eigenvalue weighted by atomic mass is 35.5. The second-order valence-corrected chi connectivity index (χ2v) is 7.39. The number of rotatable bonds is 4. The average Bonchev–Trinajstić information content (AvgIpc) is 2.38. The zero-order valence-corrected chi connectivity index (χ0v) is 13.2. The fraction of sp³-hybridized carbons (Fsp3) is 0.357. The van der Waals surface area contributed by atoms with Crippen molar-refractivity contribution in [3.8, 4) is 0 Å². The summed E-state index contributed by atoms with van der Waals surface area (Å²) in [6, 6.07) is 6.39. The van der Waals surface area contributed by atoms with E-state index >= 15 is 0 Å². The van der Waals surface area contributed by atoms with Crippen LogP contribution in [0.1, 0.15) is 17.2 Å². The maximum Gasteiger partial charge on any atom is 0.243 e. The molecule has 1 aliphatic rings. The number of amides is 1. The first-order valence-corrected chi connectivity index (χ1v) is 8.47. The van der Waals surface area contributed by atoms with Crippen molar-refractivity contribution in [2.75, 3.05) is 18.8 Å². The van der Waals surface area contributed by atoms with E-state index in [1.54, 1.807) is 12.1 Å². The Kier molecular flexibility index (Phi) is 4.70. The lowest BCUT2D eigenvalue weighted by atomic mass is 9.99. The van der Waals surface area contributed by atoms with Gasteiger partial charge in [-0.05, 0) is 18.1 Å². The molecule has 0 radical (unpaired) electrons. The van der Waals surface area contributed by atoms with Crippen LogP contribution < -0.4 is 5.32 Å². The fourth-order valence-corrected chi connectivity index (χ4v) is 4.29. The Bertz CT molecular complexity index is 673. The molecule has 2 rings (SSSR count). The highest BCUT2D eigenvalue weighted by molar-refractivity contribution is 7.89. The van der Waals surface area contributed by atoms with Gasteiger partial charge in [0, 0.05) is 18.1 Å². The van der Waals surface area contributed by atoms with E-state index in [2.05, 4.69) is 11.9 Å². The largest absolute Gasteiger partial charge is 0.353 e. The van der Waals surface area contributed by atoms with Gasteiger partial charge in [-0.15, -0.1) is 0 Å². The summed E-state index contributed by atoms with van der Waals surface area (Å²) in [5.74, 6) is -0.691. The van der Waals surface area contributed by atoms with Crippen molar-refractivity contribution < 1.29 is 13.2 Å². The quantitative estimate of drug-likeness (QED) is 0.912. The lowest BCUT2D eigenvalue weighted by Crippen LogP contribution is -2.52. The first-order valence-electron chi connectivity index (χ1n) is 6.49. The molecule has 1 heterocycles. The number of benzene rings is 1. The van der Waals surface area contributed by atoms with Crippen molar-refractivity contribution >= 4 is 27.5 Å². The lowest BCUT2D eigenvalue weighted by molar-refractivity contribution is -0.126. The van der Waals surface area contributed by atoms with E-state index in [4.69, 9.17) is 11.6 Å². The summed E-state index contributed by atoms with van der Waals surface area (Å²) < 4.78 is 26.1. The van der Waals surface area contributed by atoms with E-state index in [1.807, 2.05) is 19.1 Å². The van der Waals surface area contributed by atoms with Crippen molar-refractivity contribution in [3.63, 3.8) is 0 Å². The molecule has 114 valence electrons. The second kappa shape index (κ2) is 6.17. The number of carbonyl (C=O) groups is 1. The molecule has 0 unspecified atom stereocenters. The molecule has 1 amide bonds. The Labute approximate surface area is 129 Å². The van der Waals surface area contributed by atoms with Crippen molar-refractivity contribution in [1.82, 2.24) is 9.62 Å². The number of nitrogens with zero attached hydrogens (tertiary/aromatic N) is 1. The molecule has 1 aromatic rings. The van der Waals surface area contributed by atoms with E-state index < -0.39 is 16.1 Å². The first-order chi connectivity index (χ1) is 9.83. The maximum atomic E-state index is 12.4. The second-order valence-electron chi connectivity index (χ2n) is 4.93. The molecule has 0 bridgehead atoms. The average molecular weight is 329 g/mol. The van der Waals surface area contributed by atoms with Gasteiger partial charge in [0.2, 0.25) is 15.9 Å². The summed E-state index contributed by atoms with van der Waals surface area (Å²) in [5.41, 5.74) is 1.54. The van der Waals surface area contributed by atoms with Gasteiger partial charge < -0.3 is 5.32 Å². The van der Waals surface area contributed by atoms with Crippen molar-refractivity contribution in [3.05, 3.63) is 47.0 Å². The fourth-order valence-electron chi connectivity index (χ4n) is 2.42. The van der Waals surface area contributed by atoms with Crippen LogP contribution >= 0.6 is 11.6 Å². The Morgan fingerprint density at radius 3 is 2.76 bits per heavy atom. The van der Waals surface area contributed by atoms with E-state index in [0.717, 1.165) is 5.56 Å². The SMILES string of the molecule is C=C(Cl)CS(=O)(=O)N1CCNC(=O)[C@H]1c1ccccc1C. The summed E-state index contributed by atoms with van der Waals surface area (Å²) in [6.45, 7) is 5.78. The number of aryl methyl sites for hydroxylation is 1. The molecule has 5 nitrogen and oxygen atoms in total. The van der Waals surface area contributed by atoms with Gasteiger partial charge in [0.15, 0.2) is 0 Å². The van der Waals surface area contributed by atoms with Gasteiger partial charge in [-0.1, -0.05) is 42.4 Å². The standard InChI is InChI=1S/C14H17ClN2O3S/c1-10-5-3-4-6-12(10)13-14(18)16-7-8-17(13)21(19,20)9-11(2)15/h3-6,13H,2,7-9H2,1H3,(H,16,18)/t13-/m1/s1. The molecule has 1 atom stereocenters. The van der Waals surface area contributed by atoms with Crippen molar-refractivity contribution in [2.45, 2.75) is 13.0 Å². The van der Waals surface area contributed by atoms with Crippen LogP contribution in [0.5, 0.6) is 0 Å². The van der Waals surface area contributed by atoms with Gasteiger partial charge in [-0.3, -0.25) is 4.79 Å². The maximum absolute atomic E-state index is 12.4. The Morgan fingerprint density at radius 1 is 1.48 bits per heavy atom. The monoisotopic (exact) mass is 328 g/mol. The summed E-state index contributed by atoms with van der Waals surface area (Å²) in [7, 11) is -3.69. The number of sulfonamides is 1. The van der Waals surface area contributed by atoms with Crippen LogP contribution in [0.4, 0.5) is 0 Å². The van der Waals surface area contributed by atoms with Crippen LogP contribution in [-0.4, -0.2) is 37.5 Å². The van der Waals surface area contributed by atoms with Crippen LogP contribution in [0.3, 0.4) is 0 Å². The molecule has 1 N–H and O–H groups in total. The molecule has 1 saturated heterocycles. The third-order valence-corrected chi connectivity index (χ3v) is 5.46. The van der Waals surface area contributed by atoms with Gasteiger partial charge in [0.1, 0.15) is 6.04 Å². The van der Waals surface area contributed by atoms with Crippen LogP contribution in [0.25, 0.3) is 0 Å². The third kappa shape index (κ3) is 3.45. The lowest BCUT2D eigenvalue weighted by Gasteiger charge is -2.34. The molecule has 0 aromatic heterocycles. The summed E-state index contributed by atoms with van der Waals surface area (Å²) in [4.78, 5) is 12.2. The number of hydrogen-bond donors (Lipinski definition) is 1. The molecule has 0 spiro atoms. The molecule has 0 saturated carbocycles. The molecule has 1 fully saturated rings. The van der Waals surface area contributed by atoms with E-state index in [9.17, 15) is 13.2 Å². The van der Waals surface area contributed by atoms with Crippen molar-refractivity contribution in [1.29, 1.82) is 0 Å². The van der Waals surface area contributed by atoms with E-state index in [-0.39, 0.29) is 29.8 Å². The molecular weight excluding hydrogens is 312 g/mol. The van der Waals surface area contributed by atoms with Crippen LogP contribution in [-0.2, 0) is 14.8 Å². The molecule has 0 aliphatic carbocycles. The van der Waals surface area contributed by atoms with Gasteiger partial charge >= 0.3 is 0 Å². The van der Waals surface area contributed by atoms with Crippen LogP contribution in [0.2, 0.25) is 0 Å². The highest BCUT2D eigenvalue weighted by Gasteiger charge is 2.39. The molecule has 21 heavy (non-hydrogen) atoms. The molecule has 1 aromatic carbocycles. The highest BCUT2D eigenvalue weighted by Crippen LogP contribution is 2.29. The predicted octanol–water partition coefficient (Wildman–Crippen LogP) is 1.55. The Hall–Kier alpha value is -1.37.